The number of carbonyl (C=O) groups is 1. The number of ether oxygens (including phenoxy) is 1. The summed E-state index contributed by atoms with van der Waals surface area (Å²) in [5.41, 5.74) is -0.732. The maximum Gasteiger partial charge on any atom is 0.395 e. The predicted octanol–water partition coefficient (Wildman–Crippen LogP) is 6.69. The van der Waals surface area contributed by atoms with Crippen LogP contribution in [0.1, 0.15) is 55.3 Å². The van der Waals surface area contributed by atoms with Crippen molar-refractivity contribution in [2.24, 2.45) is 11.3 Å². The molecule has 0 bridgehead atoms. The lowest BCUT2D eigenvalue weighted by atomic mass is 9.67. The summed E-state index contributed by atoms with van der Waals surface area (Å²) in [6.07, 6.45) is 0.168. The molecule has 0 spiro atoms. The van der Waals surface area contributed by atoms with Crippen LogP contribution in [0.25, 0.3) is 11.1 Å². The Bertz CT molecular complexity index is 1150. The Labute approximate surface area is 219 Å². The first kappa shape index (κ1) is 26.9. The van der Waals surface area contributed by atoms with Gasteiger partial charge in [-0.25, -0.2) is 8.78 Å². The van der Waals surface area contributed by atoms with E-state index in [0.717, 1.165) is 12.8 Å². The van der Waals surface area contributed by atoms with Crippen molar-refractivity contribution in [2.45, 2.75) is 51.1 Å². The van der Waals surface area contributed by atoms with Gasteiger partial charge in [-0.05, 0) is 87.4 Å². The summed E-state index contributed by atoms with van der Waals surface area (Å²) >= 11 is 0. The van der Waals surface area contributed by atoms with Gasteiger partial charge in [0, 0.05) is 30.8 Å². The zero-order chi connectivity index (χ0) is 26.9. The summed E-state index contributed by atoms with van der Waals surface area (Å²) < 4.78 is 75.8. The average Bonchev–Trinajstić information content (AvgIpc) is 3.40. The smallest absolute Gasteiger partial charge is 0.395 e. The van der Waals surface area contributed by atoms with E-state index >= 15 is 0 Å². The topological polar surface area (TPSA) is 32.8 Å². The Morgan fingerprint density at radius 1 is 0.921 bits per heavy atom. The third kappa shape index (κ3) is 5.53. The molecule has 2 saturated heterocycles. The summed E-state index contributed by atoms with van der Waals surface area (Å²) in [4.78, 5) is 16.1. The number of nitrogens with zero attached hydrogens (tertiary/aromatic N) is 2. The largest absolute Gasteiger partial charge is 0.490 e. The maximum atomic E-state index is 14.8. The molecule has 2 aliphatic heterocycles. The zero-order valence-corrected chi connectivity index (χ0v) is 21.3. The van der Waals surface area contributed by atoms with Crippen molar-refractivity contribution in [3.05, 3.63) is 53.6 Å². The quantitative estimate of drug-likeness (QED) is 0.370. The van der Waals surface area contributed by atoms with E-state index in [-0.39, 0.29) is 54.7 Å². The van der Waals surface area contributed by atoms with E-state index in [2.05, 4.69) is 0 Å². The Balaban J connectivity index is 1.14. The molecule has 9 heteroatoms. The number of hydrogen-bond acceptors (Lipinski definition) is 3. The molecule has 2 heterocycles. The van der Waals surface area contributed by atoms with Crippen molar-refractivity contribution in [1.29, 1.82) is 0 Å². The number of alkyl halides is 3. The van der Waals surface area contributed by atoms with Gasteiger partial charge in [-0.3, -0.25) is 4.79 Å². The third-order valence-corrected chi connectivity index (χ3v) is 8.47. The lowest BCUT2D eigenvalue weighted by molar-refractivity contribution is -0.256. The van der Waals surface area contributed by atoms with Crippen LogP contribution in [0.2, 0.25) is 0 Å². The molecule has 206 valence electrons. The summed E-state index contributed by atoms with van der Waals surface area (Å²) in [6.45, 7) is 2.82. The molecular weight excluding hydrogens is 503 g/mol. The minimum atomic E-state index is -4.16. The van der Waals surface area contributed by atoms with E-state index in [1.807, 2.05) is 4.90 Å². The third-order valence-electron chi connectivity index (χ3n) is 8.47. The van der Waals surface area contributed by atoms with Crippen LogP contribution in [0.3, 0.4) is 0 Å². The van der Waals surface area contributed by atoms with Crippen LogP contribution >= 0.6 is 0 Å². The van der Waals surface area contributed by atoms with Crippen molar-refractivity contribution in [2.75, 3.05) is 39.3 Å². The van der Waals surface area contributed by atoms with Gasteiger partial charge in [0.15, 0.2) is 11.6 Å². The molecule has 1 amide bonds. The Morgan fingerprint density at radius 3 is 2.21 bits per heavy atom. The van der Waals surface area contributed by atoms with Crippen LogP contribution < -0.4 is 4.74 Å². The molecule has 0 radical (unpaired) electrons. The monoisotopic (exact) mass is 536 g/mol. The number of likely N-dealkylation sites (tertiary alicyclic amines) is 2. The first-order chi connectivity index (χ1) is 18.1. The molecule has 0 atom stereocenters. The van der Waals surface area contributed by atoms with Crippen molar-refractivity contribution in [1.82, 2.24) is 9.80 Å². The minimum absolute atomic E-state index is 0.0583. The Hall–Kier alpha value is -2.68. The molecular formula is C29H33F5N2O2. The number of halogens is 5. The molecule has 2 aromatic rings. The maximum absolute atomic E-state index is 14.8. The van der Waals surface area contributed by atoms with Crippen molar-refractivity contribution >= 4 is 5.91 Å². The van der Waals surface area contributed by atoms with E-state index in [9.17, 15) is 26.7 Å². The second kappa shape index (κ2) is 10.8. The minimum Gasteiger partial charge on any atom is -0.490 e. The summed E-state index contributed by atoms with van der Waals surface area (Å²) in [5.74, 6) is -1.22. The molecule has 3 fully saturated rings. The lowest BCUT2D eigenvalue weighted by Gasteiger charge is -2.47. The lowest BCUT2D eigenvalue weighted by Crippen LogP contribution is -2.53. The van der Waals surface area contributed by atoms with Gasteiger partial charge in [0.05, 0.1) is 12.0 Å². The highest BCUT2D eigenvalue weighted by Gasteiger charge is 2.58. The van der Waals surface area contributed by atoms with Gasteiger partial charge in [-0.15, -0.1) is 0 Å². The van der Waals surface area contributed by atoms with Crippen molar-refractivity contribution in [3.8, 4) is 16.9 Å². The first-order valence-corrected chi connectivity index (χ1v) is 13.5. The Kier molecular flexibility index (Phi) is 7.67. The van der Waals surface area contributed by atoms with Crippen LogP contribution in [-0.4, -0.2) is 61.2 Å². The molecule has 1 aliphatic carbocycles. The highest BCUT2D eigenvalue weighted by atomic mass is 19.4. The van der Waals surface area contributed by atoms with E-state index < -0.39 is 23.2 Å². The number of piperidine rings is 1. The van der Waals surface area contributed by atoms with E-state index in [1.54, 1.807) is 17.0 Å². The number of amides is 1. The normalized spacial score (nSPS) is 20.4. The fraction of sp³-hybridized carbons (Fsp3) is 0.552. The number of hydrogen-bond donors (Lipinski definition) is 0. The molecule has 1 saturated carbocycles. The average molecular weight is 537 g/mol. The second-order valence-corrected chi connectivity index (χ2v) is 11.0. The number of benzene rings is 2. The van der Waals surface area contributed by atoms with Gasteiger partial charge in [-0.2, -0.15) is 13.2 Å². The summed E-state index contributed by atoms with van der Waals surface area (Å²) in [6, 6.07) is 8.52. The molecule has 0 unspecified atom stereocenters. The van der Waals surface area contributed by atoms with Crippen LogP contribution in [0, 0.1) is 23.0 Å². The van der Waals surface area contributed by atoms with Crippen LogP contribution in [0.15, 0.2) is 36.4 Å². The highest BCUT2D eigenvalue weighted by Crippen LogP contribution is 2.53. The van der Waals surface area contributed by atoms with Crippen molar-refractivity contribution < 1.29 is 31.5 Å². The standard InChI is InChI=1S/C29H33F5N2O2/c30-24-17-22(27(37)36-12-1-2-13-36)4-6-23(24)21-5-7-26(25(31)16-21)38-18-20-8-14-35(15-9-20)19-28(10-3-11-28)29(32,33)34/h4-7,16-17,20H,1-3,8-15,18-19H2. The summed E-state index contributed by atoms with van der Waals surface area (Å²) in [5, 5.41) is 0. The number of carbonyl (C=O) groups excluding carboxylic acids is 1. The van der Waals surface area contributed by atoms with E-state index in [4.69, 9.17) is 4.74 Å². The second-order valence-electron chi connectivity index (χ2n) is 11.0. The SMILES string of the molecule is O=C(c1ccc(-c2ccc(OCC3CCN(CC4(C(F)(F)F)CCC4)CC3)c(F)c2)c(F)c1)N1CCCC1. The highest BCUT2D eigenvalue weighted by molar-refractivity contribution is 5.95. The summed E-state index contributed by atoms with van der Waals surface area (Å²) in [7, 11) is 0. The van der Waals surface area contributed by atoms with Gasteiger partial charge in [0.1, 0.15) is 5.82 Å². The molecule has 0 aromatic heterocycles. The first-order valence-electron chi connectivity index (χ1n) is 13.5. The van der Waals surface area contributed by atoms with Crippen LogP contribution in [-0.2, 0) is 0 Å². The molecule has 5 rings (SSSR count). The molecule has 38 heavy (non-hydrogen) atoms. The van der Waals surface area contributed by atoms with Gasteiger partial charge < -0.3 is 14.5 Å². The van der Waals surface area contributed by atoms with E-state index in [1.165, 1.54) is 24.3 Å². The zero-order valence-electron chi connectivity index (χ0n) is 21.3. The predicted molar refractivity (Wildman–Crippen MR) is 134 cm³/mol. The molecule has 0 N–H and O–H groups in total. The molecule has 4 nitrogen and oxygen atoms in total. The van der Waals surface area contributed by atoms with Gasteiger partial charge in [0.2, 0.25) is 0 Å². The van der Waals surface area contributed by atoms with Crippen LogP contribution in [0.4, 0.5) is 22.0 Å². The van der Waals surface area contributed by atoms with Gasteiger partial charge in [0.25, 0.3) is 5.91 Å². The Morgan fingerprint density at radius 2 is 1.63 bits per heavy atom. The van der Waals surface area contributed by atoms with Gasteiger partial charge >= 0.3 is 6.18 Å². The van der Waals surface area contributed by atoms with Crippen LogP contribution in [0.5, 0.6) is 5.75 Å². The van der Waals surface area contributed by atoms with Gasteiger partial charge in [-0.1, -0.05) is 18.6 Å². The molecule has 2 aromatic carbocycles. The fourth-order valence-corrected chi connectivity index (χ4v) is 5.85. The van der Waals surface area contributed by atoms with Crippen molar-refractivity contribution in [3.63, 3.8) is 0 Å². The number of rotatable bonds is 7. The molecule has 3 aliphatic rings. The fourth-order valence-electron chi connectivity index (χ4n) is 5.85. The van der Waals surface area contributed by atoms with E-state index in [0.29, 0.717) is 51.0 Å².